The van der Waals surface area contributed by atoms with E-state index in [1.54, 1.807) is 6.21 Å². The van der Waals surface area contributed by atoms with E-state index in [0.29, 0.717) is 6.61 Å². The molecule has 0 saturated carbocycles. The molecule has 2 saturated heterocycles. The lowest BCUT2D eigenvalue weighted by atomic mass is 10.1. The fraction of sp³-hybridized carbons (Fsp3) is 0.562. The molecule has 120 valence electrons. The molecule has 0 aliphatic carbocycles. The summed E-state index contributed by atoms with van der Waals surface area (Å²) in [5.74, 6) is -0.674. The second kappa shape index (κ2) is 6.34. The molecule has 0 radical (unpaired) electrons. The summed E-state index contributed by atoms with van der Waals surface area (Å²) in [5, 5.41) is 3.78. The zero-order chi connectivity index (χ0) is 15.6. The summed E-state index contributed by atoms with van der Waals surface area (Å²) in [4.78, 5) is 4.73. The highest BCUT2D eigenvalue weighted by molar-refractivity contribution is 5.64. The van der Waals surface area contributed by atoms with Crippen LogP contribution in [0.2, 0.25) is 0 Å². The van der Waals surface area contributed by atoms with Gasteiger partial charge in [-0.1, -0.05) is 35.5 Å². The van der Waals surface area contributed by atoms with Crippen molar-refractivity contribution in [3.63, 3.8) is 0 Å². The van der Waals surface area contributed by atoms with Gasteiger partial charge < -0.3 is 23.8 Å². The number of ether oxygens (including phenoxy) is 4. The van der Waals surface area contributed by atoms with Gasteiger partial charge in [0.2, 0.25) is 0 Å². The zero-order valence-electron chi connectivity index (χ0n) is 13.0. The van der Waals surface area contributed by atoms with E-state index in [1.807, 2.05) is 44.2 Å². The van der Waals surface area contributed by atoms with E-state index in [2.05, 4.69) is 5.16 Å². The van der Waals surface area contributed by atoms with Crippen LogP contribution in [0.1, 0.15) is 19.4 Å². The van der Waals surface area contributed by atoms with Crippen LogP contribution in [0.25, 0.3) is 0 Å². The molecule has 3 rings (SSSR count). The molecule has 0 amide bonds. The Bertz CT molecular complexity index is 519. The highest BCUT2D eigenvalue weighted by Gasteiger charge is 2.55. The van der Waals surface area contributed by atoms with Crippen LogP contribution in [0, 0.1) is 0 Å². The van der Waals surface area contributed by atoms with Crippen molar-refractivity contribution in [2.45, 2.75) is 50.8 Å². The third-order valence-electron chi connectivity index (χ3n) is 3.63. The van der Waals surface area contributed by atoms with Crippen molar-refractivity contribution in [2.24, 2.45) is 5.16 Å². The third kappa shape index (κ3) is 3.30. The van der Waals surface area contributed by atoms with Crippen LogP contribution in [0.5, 0.6) is 0 Å². The fourth-order valence-corrected chi connectivity index (χ4v) is 2.70. The Hall–Kier alpha value is -1.47. The molecule has 1 aromatic carbocycles. The van der Waals surface area contributed by atoms with Gasteiger partial charge >= 0.3 is 0 Å². The monoisotopic (exact) mass is 307 g/mol. The number of hydrogen-bond donors (Lipinski definition) is 0. The molecule has 0 unspecified atom stereocenters. The normalized spacial score (nSPS) is 33.2. The molecule has 2 fully saturated rings. The van der Waals surface area contributed by atoms with E-state index >= 15 is 0 Å². The number of nitrogens with zero attached hydrogens (tertiary/aromatic N) is 1. The van der Waals surface area contributed by atoms with Gasteiger partial charge in [-0.3, -0.25) is 0 Å². The molecule has 22 heavy (non-hydrogen) atoms. The van der Waals surface area contributed by atoms with Crippen molar-refractivity contribution in [2.75, 3.05) is 7.11 Å². The van der Waals surface area contributed by atoms with Crippen molar-refractivity contribution in [3.05, 3.63) is 35.9 Å². The quantitative estimate of drug-likeness (QED) is 0.616. The maximum atomic E-state index is 6.03. The van der Waals surface area contributed by atoms with Crippen LogP contribution in [0.3, 0.4) is 0 Å². The Morgan fingerprint density at radius 1 is 1.23 bits per heavy atom. The van der Waals surface area contributed by atoms with E-state index in [1.165, 1.54) is 7.11 Å². The number of benzene rings is 1. The molecule has 0 bridgehead atoms. The van der Waals surface area contributed by atoms with Crippen molar-refractivity contribution in [3.8, 4) is 0 Å². The van der Waals surface area contributed by atoms with Crippen molar-refractivity contribution < 1.29 is 23.8 Å². The first-order valence-electron chi connectivity index (χ1n) is 7.32. The second-order valence-electron chi connectivity index (χ2n) is 5.77. The minimum atomic E-state index is -0.674. The van der Waals surface area contributed by atoms with Gasteiger partial charge in [0.05, 0.1) is 12.8 Å². The number of hydrogen-bond acceptors (Lipinski definition) is 6. The van der Waals surface area contributed by atoms with Gasteiger partial charge in [0, 0.05) is 0 Å². The predicted octanol–water partition coefficient (Wildman–Crippen LogP) is 2.08. The van der Waals surface area contributed by atoms with Crippen LogP contribution in [-0.2, 0) is 30.4 Å². The highest BCUT2D eigenvalue weighted by Crippen LogP contribution is 2.38. The van der Waals surface area contributed by atoms with Crippen LogP contribution >= 0.6 is 0 Å². The topological polar surface area (TPSA) is 58.5 Å². The molecule has 2 heterocycles. The standard InChI is InChI=1S/C16H21NO5/c1-16(2)21-14-13(19-10-11-7-5-4-6-8-11)12(9-17-18-3)20-15(14)22-16/h4-9,12-15H,10H2,1-3H3/b17-9+/t12-,13-,14-,15-/m1/s1. The van der Waals surface area contributed by atoms with Gasteiger partial charge in [0.25, 0.3) is 0 Å². The molecular weight excluding hydrogens is 286 g/mol. The predicted molar refractivity (Wildman–Crippen MR) is 79.2 cm³/mol. The summed E-state index contributed by atoms with van der Waals surface area (Å²) in [7, 11) is 1.49. The molecule has 2 aliphatic rings. The molecule has 0 N–H and O–H groups in total. The molecule has 6 heteroatoms. The van der Waals surface area contributed by atoms with Gasteiger partial charge in [0.1, 0.15) is 25.4 Å². The van der Waals surface area contributed by atoms with Gasteiger partial charge in [-0.05, 0) is 19.4 Å². The molecule has 2 aliphatic heterocycles. The highest BCUT2D eigenvalue weighted by atomic mass is 16.8. The van der Waals surface area contributed by atoms with Crippen LogP contribution in [0.4, 0.5) is 0 Å². The molecule has 4 atom stereocenters. The van der Waals surface area contributed by atoms with Crippen molar-refractivity contribution >= 4 is 6.21 Å². The molecule has 0 spiro atoms. The largest absolute Gasteiger partial charge is 0.399 e. The van der Waals surface area contributed by atoms with E-state index in [-0.39, 0.29) is 18.3 Å². The maximum absolute atomic E-state index is 6.03. The smallest absolute Gasteiger partial charge is 0.190 e. The summed E-state index contributed by atoms with van der Waals surface area (Å²) in [6, 6.07) is 9.97. The Morgan fingerprint density at radius 2 is 2.00 bits per heavy atom. The van der Waals surface area contributed by atoms with Crippen LogP contribution in [-0.4, -0.2) is 43.7 Å². The van der Waals surface area contributed by atoms with Crippen molar-refractivity contribution in [1.29, 1.82) is 0 Å². The third-order valence-corrected chi connectivity index (χ3v) is 3.63. The van der Waals surface area contributed by atoms with E-state index < -0.39 is 12.1 Å². The summed E-state index contributed by atoms with van der Waals surface area (Å²) in [6.07, 6.45) is 0.171. The van der Waals surface area contributed by atoms with Crippen molar-refractivity contribution in [1.82, 2.24) is 0 Å². The van der Waals surface area contributed by atoms with E-state index in [9.17, 15) is 0 Å². The first-order valence-corrected chi connectivity index (χ1v) is 7.32. The Balaban J connectivity index is 1.70. The lowest BCUT2D eigenvalue weighted by Crippen LogP contribution is -2.37. The molecule has 6 nitrogen and oxygen atoms in total. The Morgan fingerprint density at radius 3 is 2.73 bits per heavy atom. The van der Waals surface area contributed by atoms with E-state index in [0.717, 1.165) is 5.56 Å². The first kappa shape index (κ1) is 15.4. The Kier molecular flexibility index (Phi) is 4.44. The summed E-state index contributed by atoms with van der Waals surface area (Å²) >= 11 is 0. The molecular formula is C16H21NO5. The van der Waals surface area contributed by atoms with Crippen LogP contribution in [0.15, 0.2) is 35.5 Å². The number of oxime groups is 1. The number of fused-ring (bicyclic) bond motifs is 1. The van der Waals surface area contributed by atoms with Crippen LogP contribution < -0.4 is 0 Å². The number of rotatable bonds is 5. The molecule has 1 aromatic rings. The summed E-state index contributed by atoms with van der Waals surface area (Å²) < 4.78 is 23.5. The van der Waals surface area contributed by atoms with Gasteiger partial charge in [-0.25, -0.2) is 0 Å². The summed E-state index contributed by atoms with van der Waals surface area (Å²) in [5.41, 5.74) is 1.09. The lowest BCUT2D eigenvalue weighted by molar-refractivity contribution is -0.210. The lowest BCUT2D eigenvalue weighted by Gasteiger charge is -2.24. The van der Waals surface area contributed by atoms with Gasteiger partial charge in [-0.2, -0.15) is 0 Å². The van der Waals surface area contributed by atoms with Gasteiger partial charge in [-0.15, -0.1) is 0 Å². The minimum Gasteiger partial charge on any atom is -0.399 e. The molecule has 0 aromatic heterocycles. The summed E-state index contributed by atoms with van der Waals surface area (Å²) in [6.45, 7) is 4.20. The average molecular weight is 307 g/mol. The van der Waals surface area contributed by atoms with Gasteiger partial charge in [0.15, 0.2) is 12.1 Å². The Labute approximate surface area is 129 Å². The minimum absolute atomic E-state index is 0.285. The average Bonchev–Trinajstić information content (AvgIpc) is 2.95. The second-order valence-corrected chi connectivity index (χ2v) is 5.77. The van der Waals surface area contributed by atoms with E-state index in [4.69, 9.17) is 23.8 Å². The SMILES string of the molecule is CO/N=C/[C@H]1O[C@@H]2OC(C)(C)O[C@@H]2[C@@H]1OCc1ccccc1. The zero-order valence-corrected chi connectivity index (χ0v) is 13.0. The fourth-order valence-electron chi connectivity index (χ4n) is 2.70. The maximum Gasteiger partial charge on any atom is 0.190 e. The first-order chi connectivity index (χ1) is 10.6.